The summed E-state index contributed by atoms with van der Waals surface area (Å²) < 4.78 is 23.4. The van der Waals surface area contributed by atoms with Crippen LogP contribution in [0.5, 0.6) is 0 Å². The van der Waals surface area contributed by atoms with Crippen LogP contribution in [0.1, 0.15) is 19.9 Å². The maximum Gasteiger partial charge on any atom is 0.267 e. The molecule has 0 bridgehead atoms. The number of sulfone groups is 1. The van der Waals surface area contributed by atoms with Crippen molar-refractivity contribution in [1.82, 2.24) is 20.2 Å². The first kappa shape index (κ1) is 9.11. The fourth-order valence-electron chi connectivity index (χ4n) is 0.754. The van der Waals surface area contributed by atoms with Crippen molar-refractivity contribution in [3.8, 4) is 0 Å². The smallest absolute Gasteiger partial charge is 0.221 e. The first-order valence-corrected chi connectivity index (χ1v) is 5.30. The van der Waals surface area contributed by atoms with Crippen LogP contribution in [0.3, 0.4) is 0 Å². The van der Waals surface area contributed by atoms with Gasteiger partial charge in [0.15, 0.2) is 0 Å². The van der Waals surface area contributed by atoms with Crippen LogP contribution in [0.2, 0.25) is 0 Å². The minimum Gasteiger partial charge on any atom is -0.221 e. The zero-order chi connectivity index (χ0) is 9.35. The van der Waals surface area contributed by atoms with Gasteiger partial charge in [0.05, 0.1) is 6.04 Å². The lowest BCUT2D eigenvalue weighted by molar-refractivity contribution is 0.465. The molecule has 0 amide bonds. The molecule has 1 rings (SSSR count). The summed E-state index contributed by atoms with van der Waals surface area (Å²) >= 11 is 0. The molecule has 0 spiro atoms. The predicted molar refractivity (Wildman–Crippen MR) is 41.3 cm³/mol. The van der Waals surface area contributed by atoms with Crippen molar-refractivity contribution in [2.75, 3.05) is 6.26 Å². The SMILES string of the molecule is CC(C)n1nnnc1S(C)(=O)=O. The Morgan fingerprint density at radius 1 is 1.42 bits per heavy atom. The molecular formula is C5H10N4O2S. The molecule has 0 N–H and O–H groups in total. The second-order valence-electron chi connectivity index (χ2n) is 2.77. The van der Waals surface area contributed by atoms with Gasteiger partial charge in [-0.1, -0.05) is 5.10 Å². The molecule has 1 heterocycles. The Balaban J connectivity index is 3.26. The van der Waals surface area contributed by atoms with Gasteiger partial charge in [0.1, 0.15) is 0 Å². The zero-order valence-electron chi connectivity index (χ0n) is 7.09. The van der Waals surface area contributed by atoms with E-state index >= 15 is 0 Å². The van der Waals surface area contributed by atoms with Crippen molar-refractivity contribution in [3.63, 3.8) is 0 Å². The highest BCUT2D eigenvalue weighted by Crippen LogP contribution is 2.08. The monoisotopic (exact) mass is 190 g/mol. The Morgan fingerprint density at radius 2 is 2.00 bits per heavy atom. The van der Waals surface area contributed by atoms with Gasteiger partial charge in [0, 0.05) is 6.26 Å². The van der Waals surface area contributed by atoms with Gasteiger partial charge in [0.2, 0.25) is 9.84 Å². The minimum absolute atomic E-state index is 0.0512. The maximum absolute atomic E-state index is 11.1. The Bertz CT molecular complexity index is 367. The third kappa shape index (κ3) is 1.60. The molecule has 0 aliphatic carbocycles. The van der Waals surface area contributed by atoms with E-state index in [4.69, 9.17) is 0 Å². The van der Waals surface area contributed by atoms with E-state index < -0.39 is 9.84 Å². The topological polar surface area (TPSA) is 77.7 Å². The highest BCUT2D eigenvalue weighted by atomic mass is 32.2. The lowest BCUT2D eigenvalue weighted by atomic mass is 10.4. The second-order valence-corrected chi connectivity index (χ2v) is 4.68. The Kier molecular flexibility index (Phi) is 2.14. The molecule has 1 aromatic rings. The van der Waals surface area contributed by atoms with Crippen molar-refractivity contribution in [2.45, 2.75) is 25.0 Å². The lowest BCUT2D eigenvalue weighted by Gasteiger charge is -2.04. The van der Waals surface area contributed by atoms with Crippen molar-refractivity contribution < 1.29 is 8.42 Å². The van der Waals surface area contributed by atoms with E-state index in [-0.39, 0.29) is 11.2 Å². The van der Waals surface area contributed by atoms with E-state index in [1.807, 2.05) is 13.8 Å². The molecule has 1 aromatic heterocycles. The first-order valence-electron chi connectivity index (χ1n) is 3.41. The molecule has 0 radical (unpaired) electrons. The summed E-state index contributed by atoms with van der Waals surface area (Å²) in [5.41, 5.74) is 0. The van der Waals surface area contributed by atoms with Crippen LogP contribution in [0, 0.1) is 0 Å². The Labute approximate surface area is 70.5 Å². The van der Waals surface area contributed by atoms with Crippen molar-refractivity contribution in [1.29, 1.82) is 0 Å². The standard InChI is InChI=1S/C5H10N4O2S/c1-4(2)9-5(6-7-8-9)12(3,10)11/h4H,1-3H3. The van der Waals surface area contributed by atoms with Gasteiger partial charge in [-0.3, -0.25) is 0 Å². The summed E-state index contributed by atoms with van der Waals surface area (Å²) in [4.78, 5) is 0. The van der Waals surface area contributed by atoms with E-state index in [9.17, 15) is 8.42 Å². The predicted octanol–water partition coefficient (Wildman–Crippen LogP) is -0.342. The Morgan fingerprint density at radius 3 is 2.33 bits per heavy atom. The fraction of sp³-hybridized carbons (Fsp3) is 0.800. The highest BCUT2D eigenvalue weighted by Gasteiger charge is 2.18. The summed E-state index contributed by atoms with van der Waals surface area (Å²) in [5.74, 6) is 0. The molecule has 0 atom stereocenters. The number of hydrogen-bond acceptors (Lipinski definition) is 5. The molecule has 0 aromatic carbocycles. The normalized spacial score (nSPS) is 12.3. The van der Waals surface area contributed by atoms with Crippen LogP contribution >= 0.6 is 0 Å². The van der Waals surface area contributed by atoms with Gasteiger partial charge >= 0.3 is 0 Å². The van der Waals surface area contributed by atoms with E-state index in [1.165, 1.54) is 4.68 Å². The van der Waals surface area contributed by atoms with Crippen LogP contribution in [0.15, 0.2) is 5.16 Å². The van der Waals surface area contributed by atoms with E-state index in [0.29, 0.717) is 0 Å². The summed E-state index contributed by atoms with van der Waals surface area (Å²) in [6.07, 6.45) is 1.08. The van der Waals surface area contributed by atoms with Gasteiger partial charge in [-0.2, -0.15) is 0 Å². The third-order valence-electron chi connectivity index (χ3n) is 1.28. The summed E-state index contributed by atoms with van der Waals surface area (Å²) in [6, 6.07) is -0.0512. The molecule has 12 heavy (non-hydrogen) atoms. The van der Waals surface area contributed by atoms with Crippen LogP contribution in [-0.2, 0) is 9.84 Å². The molecule has 7 heteroatoms. The quantitative estimate of drug-likeness (QED) is 0.637. The number of aromatic nitrogens is 4. The van der Waals surface area contributed by atoms with Crippen LogP contribution in [0.4, 0.5) is 0 Å². The van der Waals surface area contributed by atoms with Crippen molar-refractivity contribution >= 4 is 9.84 Å². The van der Waals surface area contributed by atoms with E-state index in [1.54, 1.807) is 0 Å². The molecule has 0 aliphatic rings. The molecule has 6 nitrogen and oxygen atoms in total. The van der Waals surface area contributed by atoms with Crippen LogP contribution < -0.4 is 0 Å². The Hall–Kier alpha value is -0.980. The van der Waals surface area contributed by atoms with Crippen LogP contribution in [-0.4, -0.2) is 34.9 Å². The van der Waals surface area contributed by atoms with Gasteiger partial charge in [-0.05, 0) is 24.3 Å². The largest absolute Gasteiger partial charge is 0.267 e. The first-order chi connectivity index (χ1) is 5.43. The highest BCUT2D eigenvalue weighted by molar-refractivity contribution is 7.90. The van der Waals surface area contributed by atoms with Gasteiger partial charge in [-0.25, -0.2) is 13.1 Å². The number of nitrogens with zero attached hydrogens (tertiary/aromatic N) is 4. The third-order valence-corrected chi connectivity index (χ3v) is 2.22. The number of rotatable bonds is 2. The zero-order valence-corrected chi connectivity index (χ0v) is 7.91. The van der Waals surface area contributed by atoms with Crippen molar-refractivity contribution in [3.05, 3.63) is 0 Å². The van der Waals surface area contributed by atoms with E-state index in [2.05, 4.69) is 15.5 Å². The number of hydrogen-bond donors (Lipinski definition) is 0. The maximum atomic E-state index is 11.1. The van der Waals surface area contributed by atoms with Crippen LogP contribution in [0.25, 0.3) is 0 Å². The van der Waals surface area contributed by atoms with Crippen molar-refractivity contribution in [2.24, 2.45) is 0 Å². The minimum atomic E-state index is -3.31. The molecule has 0 aliphatic heterocycles. The summed E-state index contributed by atoms with van der Waals surface area (Å²) in [5, 5.41) is 10.2. The fourth-order valence-corrected chi connectivity index (χ4v) is 1.53. The number of tetrazole rings is 1. The van der Waals surface area contributed by atoms with Gasteiger partial charge in [-0.15, -0.1) is 0 Å². The molecule has 0 unspecified atom stereocenters. The molecule has 0 saturated heterocycles. The molecule has 68 valence electrons. The average Bonchev–Trinajstić information content (AvgIpc) is 2.30. The average molecular weight is 190 g/mol. The molecular weight excluding hydrogens is 180 g/mol. The van der Waals surface area contributed by atoms with Gasteiger partial charge in [0.25, 0.3) is 5.16 Å². The lowest BCUT2D eigenvalue weighted by Crippen LogP contribution is -2.12. The second kappa shape index (κ2) is 2.81. The van der Waals surface area contributed by atoms with Gasteiger partial charge < -0.3 is 0 Å². The summed E-state index contributed by atoms with van der Waals surface area (Å²) in [7, 11) is -3.31. The molecule has 0 saturated carbocycles. The van der Waals surface area contributed by atoms with E-state index in [0.717, 1.165) is 6.26 Å². The summed E-state index contributed by atoms with van der Waals surface area (Å²) in [6.45, 7) is 3.62. The molecule has 0 fully saturated rings.